The van der Waals surface area contributed by atoms with Crippen molar-refractivity contribution in [2.75, 3.05) is 7.11 Å². The summed E-state index contributed by atoms with van der Waals surface area (Å²) in [5.74, 6) is -1.58. The first kappa shape index (κ1) is 11.2. The molecule has 1 aromatic carbocycles. The summed E-state index contributed by atoms with van der Waals surface area (Å²) in [5, 5.41) is 0.478. The fourth-order valence-corrected chi connectivity index (χ4v) is 1.34. The molecule has 0 atom stereocenters. The average molecular weight is 278 g/mol. The molecule has 3 nitrogen and oxygen atoms in total. The van der Waals surface area contributed by atoms with E-state index in [4.69, 9.17) is 11.6 Å². The second-order valence-electron chi connectivity index (χ2n) is 2.45. The van der Waals surface area contributed by atoms with E-state index in [2.05, 4.69) is 20.7 Å². The quantitative estimate of drug-likeness (QED) is 0.474. The van der Waals surface area contributed by atoms with E-state index in [0.29, 0.717) is 9.50 Å². The van der Waals surface area contributed by atoms with Crippen LogP contribution in [0, 0.1) is 0 Å². The van der Waals surface area contributed by atoms with Gasteiger partial charge in [0.05, 0.1) is 12.1 Å². The summed E-state index contributed by atoms with van der Waals surface area (Å²) in [6.07, 6.45) is 0. The zero-order valence-corrected chi connectivity index (χ0v) is 9.55. The molecule has 0 saturated carbocycles. The maximum absolute atomic E-state index is 11.3. The summed E-state index contributed by atoms with van der Waals surface area (Å²) in [7, 11) is 1.16. The third kappa shape index (κ3) is 2.33. The number of ether oxygens (including phenoxy) is 1. The largest absolute Gasteiger partial charge is 0.463 e. The SMILES string of the molecule is COC(=O)C(=O)c1ccc(Cl)c(Br)c1. The number of esters is 1. The van der Waals surface area contributed by atoms with Crippen LogP contribution < -0.4 is 0 Å². The normalized spacial score (nSPS) is 9.64. The van der Waals surface area contributed by atoms with Crippen molar-refractivity contribution in [3.8, 4) is 0 Å². The molecule has 5 heteroatoms. The molecule has 0 spiro atoms. The van der Waals surface area contributed by atoms with Crippen molar-refractivity contribution < 1.29 is 14.3 Å². The van der Waals surface area contributed by atoms with E-state index in [1.165, 1.54) is 18.2 Å². The maximum Gasteiger partial charge on any atom is 0.379 e. The second-order valence-corrected chi connectivity index (χ2v) is 3.71. The van der Waals surface area contributed by atoms with Gasteiger partial charge in [-0.15, -0.1) is 0 Å². The molecular formula is C9H6BrClO3. The van der Waals surface area contributed by atoms with Crippen LogP contribution in [-0.4, -0.2) is 18.9 Å². The minimum Gasteiger partial charge on any atom is -0.463 e. The van der Waals surface area contributed by atoms with Crippen molar-refractivity contribution in [1.29, 1.82) is 0 Å². The van der Waals surface area contributed by atoms with Gasteiger partial charge in [0.1, 0.15) is 0 Å². The standard InChI is InChI=1S/C9H6BrClO3/c1-14-9(13)8(12)5-2-3-7(11)6(10)4-5/h2-4H,1H3. The van der Waals surface area contributed by atoms with E-state index >= 15 is 0 Å². The molecule has 0 N–H and O–H groups in total. The summed E-state index contributed by atoms with van der Waals surface area (Å²) in [6, 6.07) is 4.47. The summed E-state index contributed by atoms with van der Waals surface area (Å²) in [4.78, 5) is 22.2. The van der Waals surface area contributed by atoms with Gasteiger partial charge in [-0.2, -0.15) is 0 Å². The van der Waals surface area contributed by atoms with Gasteiger partial charge in [-0.3, -0.25) is 4.79 Å². The minimum absolute atomic E-state index is 0.244. The summed E-state index contributed by atoms with van der Waals surface area (Å²) >= 11 is 8.87. The molecule has 0 saturated heterocycles. The lowest BCUT2D eigenvalue weighted by atomic mass is 10.1. The monoisotopic (exact) mass is 276 g/mol. The smallest absolute Gasteiger partial charge is 0.379 e. The number of carbonyl (C=O) groups excluding carboxylic acids is 2. The number of hydrogen-bond acceptors (Lipinski definition) is 3. The molecule has 0 aliphatic heterocycles. The Morgan fingerprint density at radius 1 is 1.43 bits per heavy atom. The Morgan fingerprint density at radius 3 is 2.57 bits per heavy atom. The first-order chi connectivity index (χ1) is 6.56. The molecule has 0 amide bonds. The van der Waals surface area contributed by atoms with Crippen molar-refractivity contribution in [3.63, 3.8) is 0 Å². The van der Waals surface area contributed by atoms with Gasteiger partial charge in [-0.25, -0.2) is 4.79 Å². The number of halogens is 2. The fourth-order valence-electron chi connectivity index (χ4n) is 0.848. The van der Waals surface area contributed by atoms with Gasteiger partial charge >= 0.3 is 5.97 Å². The van der Waals surface area contributed by atoms with Crippen molar-refractivity contribution in [3.05, 3.63) is 33.3 Å². The lowest BCUT2D eigenvalue weighted by molar-refractivity contribution is -0.135. The third-order valence-electron chi connectivity index (χ3n) is 1.55. The van der Waals surface area contributed by atoms with Crippen molar-refractivity contribution in [2.24, 2.45) is 0 Å². The van der Waals surface area contributed by atoms with Crippen LogP contribution in [0.15, 0.2) is 22.7 Å². The topological polar surface area (TPSA) is 43.4 Å². The molecule has 0 heterocycles. The van der Waals surface area contributed by atoms with Crippen molar-refractivity contribution in [1.82, 2.24) is 0 Å². The highest BCUT2D eigenvalue weighted by atomic mass is 79.9. The summed E-state index contributed by atoms with van der Waals surface area (Å²) in [6.45, 7) is 0. The van der Waals surface area contributed by atoms with Gasteiger partial charge in [-0.05, 0) is 34.1 Å². The van der Waals surface area contributed by atoms with E-state index in [-0.39, 0.29) is 5.56 Å². The van der Waals surface area contributed by atoms with Crippen LogP contribution >= 0.6 is 27.5 Å². The molecule has 1 rings (SSSR count). The molecule has 0 aliphatic carbocycles. The van der Waals surface area contributed by atoms with Crippen LogP contribution in [-0.2, 0) is 9.53 Å². The maximum atomic E-state index is 11.3. The third-order valence-corrected chi connectivity index (χ3v) is 2.77. The molecular weight excluding hydrogens is 271 g/mol. The van der Waals surface area contributed by atoms with E-state index in [1.807, 2.05) is 0 Å². The average Bonchev–Trinajstić information content (AvgIpc) is 2.20. The Morgan fingerprint density at radius 2 is 2.07 bits per heavy atom. The summed E-state index contributed by atoms with van der Waals surface area (Å²) in [5.41, 5.74) is 0.244. The molecule has 0 aromatic heterocycles. The molecule has 0 aliphatic rings. The van der Waals surface area contributed by atoms with Gasteiger partial charge in [-0.1, -0.05) is 11.6 Å². The molecule has 74 valence electrons. The Kier molecular flexibility index (Phi) is 3.66. The van der Waals surface area contributed by atoms with Crippen LogP contribution in [0.1, 0.15) is 10.4 Å². The summed E-state index contributed by atoms with van der Waals surface area (Å²) < 4.78 is 4.86. The minimum atomic E-state index is -0.890. The van der Waals surface area contributed by atoms with E-state index < -0.39 is 11.8 Å². The Balaban J connectivity index is 3.03. The zero-order chi connectivity index (χ0) is 10.7. The Hall–Kier alpha value is -0.870. The highest BCUT2D eigenvalue weighted by Crippen LogP contribution is 2.23. The predicted molar refractivity (Wildman–Crippen MR) is 55.5 cm³/mol. The number of Topliss-reactive ketones (excluding diaryl/α,β-unsaturated/α-hetero) is 1. The fraction of sp³-hybridized carbons (Fsp3) is 0.111. The molecule has 0 bridgehead atoms. The van der Waals surface area contributed by atoms with Crippen LogP contribution in [0.25, 0.3) is 0 Å². The molecule has 0 radical (unpaired) electrons. The molecule has 1 aromatic rings. The number of benzene rings is 1. The van der Waals surface area contributed by atoms with Gasteiger partial charge in [0.15, 0.2) is 0 Å². The zero-order valence-electron chi connectivity index (χ0n) is 7.21. The van der Waals surface area contributed by atoms with E-state index in [9.17, 15) is 9.59 Å². The number of ketones is 1. The van der Waals surface area contributed by atoms with E-state index in [1.54, 1.807) is 0 Å². The number of rotatable bonds is 2. The van der Waals surface area contributed by atoms with Crippen LogP contribution in [0.2, 0.25) is 5.02 Å². The van der Waals surface area contributed by atoms with Crippen molar-refractivity contribution in [2.45, 2.75) is 0 Å². The lowest BCUT2D eigenvalue weighted by Gasteiger charge is -2.00. The number of hydrogen-bond donors (Lipinski definition) is 0. The molecule has 14 heavy (non-hydrogen) atoms. The van der Waals surface area contributed by atoms with Crippen molar-refractivity contribution >= 4 is 39.3 Å². The van der Waals surface area contributed by atoms with Gasteiger partial charge in [0.2, 0.25) is 0 Å². The molecule has 0 unspecified atom stereocenters. The first-order valence-corrected chi connectivity index (χ1v) is 4.81. The predicted octanol–water partition coefficient (Wildman–Crippen LogP) is 2.46. The van der Waals surface area contributed by atoms with Crippen LogP contribution in [0.5, 0.6) is 0 Å². The first-order valence-electron chi connectivity index (χ1n) is 3.64. The van der Waals surface area contributed by atoms with Gasteiger partial charge < -0.3 is 4.74 Å². The number of carbonyl (C=O) groups is 2. The number of methoxy groups -OCH3 is 1. The van der Waals surface area contributed by atoms with E-state index in [0.717, 1.165) is 7.11 Å². The Labute approximate surface area is 94.1 Å². The van der Waals surface area contributed by atoms with Crippen LogP contribution in [0.4, 0.5) is 0 Å². The van der Waals surface area contributed by atoms with Gasteiger partial charge in [0.25, 0.3) is 5.78 Å². The van der Waals surface area contributed by atoms with Crippen LogP contribution in [0.3, 0.4) is 0 Å². The second kappa shape index (κ2) is 4.57. The Bertz CT molecular complexity index is 390. The molecule has 0 fully saturated rings. The highest BCUT2D eigenvalue weighted by molar-refractivity contribution is 9.10. The highest BCUT2D eigenvalue weighted by Gasteiger charge is 2.16. The van der Waals surface area contributed by atoms with Gasteiger partial charge in [0, 0.05) is 10.0 Å². The lowest BCUT2D eigenvalue weighted by Crippen LogP contribution is -2.15.